The lowest BCUT2D eigenvalue weighted by molar-refractivity contribution is 0.369. The number of rotatable bonds is 2. The van der Waals surface area contributed by atoms with Crippen LogP contribution in [0.25, 0.3) is 11.3 Å². The maximum atomic E-state index is 10.0. The van der Waals surface area contributed by atoms with Crippen molar-refractivity contribution in [3.05, 3.63) is 46.2 Å². The first-order chi connectivity index (χ1) is 11.0. The predicted molar refractivity (Wildman–Crippen MR) is 87.9 cm³/mol. The predicted octanol–water partition coefficient (Wildman–Crippen LogP) is 2.81. The largest absolute Gasteiger partial charge is 0.504 e. The first-order valence-corrected chi connectivity index (χ1v) is 7.71. The van der Waals surface area contributed by atoms with Gasteiger partial charge in [-0.15, -0.1) is 11.3 Å². The van der Waals surface area contributed by atoms with Crippen LogP contribution in [0.1, 0.15) is 5.56 Å². The van der Waals surface area contributed by atoms with Crippen molar-refractivity contribution in [2.45, 2.75) is 6.92 Å². The first kappa shape index (κ1) is 15.1. The van der Waals surface area contributed by atoms with Crippen LogP contribution in [0.4, 0.5) is 5.82 Å². The van der Waals surface area contributed by atoms with Gasteiger partial charge in [0, 0.05) is 24.2 Å². The number of phenolic OH excluding ortho intramolecular Hbond substituents is 3. The molecule has 0 fully saturated rings. The van der Waals surface area contributed by atoms with E-state index in [0.717, 1.165) is 5.56 Å². The Balaban J connectivity index is 2.12. The molecule has 0 saturated carbocycles. The molecule has 0 bridgehead atoms. The van der Waals surface area contributed by atoms with Crippen LogP contribution < -0.4 is 4.80 Å². The highest BCUT2D eigenvalue weighted by Gasteiger charge is 2.15. The fraction of sp³-hybridized carbons (Fsp3) is 0.125. The van der Waals surface area contributed by atoms with E-state index >= 15 is 0 Å². The van der Waals surface area contributed by atoms with E-state index in [0.29, 0.717) is 21.9 Å². The van der Waals surface area contributed by atoms with Crippen LogP contribution in [-0.2, 0) is 7.05 Å². The summed E-state index contributed by atoms with van der Waals surface area (Å²) >= 11 is 1.39. The van der Waals surface area contributed by atoms with Crippen LogP contribution in [0.3, 0.4) is 0 Å². The average Bonchev–Trinajstić information content (AvgIpc) is 2.86. The Morgan fingerprint density at radius 2 is 1.91 bits per heavy atom. The zero-order valence-electron chi connectivity index (χ0n) is 12.6. The number of aromatic hydroxyl groups is 3. The van der Waals surface area contributed by atoms with Crippen LogP contribution in [0, 0.1) is 6.92 Å². The molecule has 3 rings (SSSR count). The molecule has 118 valence electrons. The minimum atomic E-state index is -0.535. The van der Waals surface area contributed by atoms with Crippen LogP contribution in [-0.4, -0.2) is 24.9 Å². The van der Waals surface area contributed by atoms with E-state index in [1.54, 1.807) is 16.8 Å². The molecule has 7 heteroatoms. The van der Waals surface area contributed by atoms with E-state index in [4.69, 9.17) is 0 Å². The van der Waals surface area contributed by atoms with E-state index in [2.05, 4.69) is 9.98 Å². The highest BCUT2D eigenvalue weighted by Crippen LogP contribution is 2.41. The topological polar surface area (TPSA) is 90.9 Å². The summed E-state index contributed by atoms with van der Waals surface area (Å²) in [5.74, 6) is -0.657. The van der Waals surface area contributed by atoms with E-state index < -0.39 is 5.75 Å². The second kappa shape index (κ2) is 5.77. The molecule has 1 aromatic carbocycles. The van der Waals surface area contributed by atoms with E-state index in [1.165, 1.54) is 17.4 Å². The Hall–Kier alpha value is -2.80. The van der Waals surface area contributed by atoms with Crippen molar-refractivity contribution in [3.8, 4) is 28.5 Å². The first-order valence-electron chi connectivity index (χ1n) is 6.83. The van der Waals surface area contributed by atoms with Crippen molar-refractivity contribution in [1.82, 2.24) is 9.55 Å². The van der Waals surface area contributed by atoms with Crippen molar-refractivity contribution >= 4 is 17.2 Å². The molecule has 2 aromatic heterocycles. The van der Waals surface area contributed by atoms with Gasteiger partial charge in [0.2, 0.25) is 5.75 Å². The summed E-state index contributed by atoms with van der Waals surface area (Å²) in [7, 11) is 1.81. The maximum absolute atomic E-state index is 10.0. The zero-order valence-corrected chi connectivity index (χ0v) is 13.4. The number of nitrogens with zero attached hydrogens (tertiary/aromatic N) is 3. The third-order valence-electron chi connectivity index (χ3n) is 3.44. The second-order valence-corrected chi connectivity index (χ2v) is 5.93. The van der Waals surface area contributed by atoms with Crippen molar-refractivity contribution in [2.75, 3.05) is 0 Å². The van der Waals surface area contributed by atoms with Crippen molar-refractivity contribution in [1.29, 1.82) is 0 Å². The van der Waals surface area contributed by atoms with Gasteiger partial charge in [0.1, 0.15) is 0 Å². The van der Waals surface area contributed by atoms with Crippen LogP contribution >= 0.6 is 11.3 Å². The van der Waals surface area contributed by atoms with Gasteiger partial charge in [0.25, 0.3) is 0 Å². The van der Waals surface area contributed by atoms with Gasteiger partial charge < -0.3 is 19.9 Å². The fourth-order valence-corrected chi connectivity index (χ4v) is 3.08. The zero-order chi connectivity index (χ0) is 16.6. The lowest BCUT2D eigenvalue weighted by atomic mass is 10.1. The fourth-order valence-electron chi connectivity index (χ4n) is 2.17. The molecule has 23 heavy (non-hydrogen) atoms. The molecule has 0 aliphatic carbocycles. The summed E-state index contributed by atoms with van der Waals surface area (Å²) in [6.45, 7) is 1.97. The minimum absolute atomic E-state index is 0.362. The Labute approximate surface area is 136 Å². The number of pyridine rings is 1. The Morgan fingerprint density at radius 3 is 2.65 bits per heavy atom. The van der Waals surface area contributed by atoms with Gasteiger partial charge in [0.05, 0.1) is 5.69 Å². The van der Waals surface area contributed by atoms with Crippen molar-refractivity contribution < 1.29 is 15.3 Å². The summed E-state index contributed by atoms with van der Waals surface area (Å²) in [6.07, 6.45) is 1.70. The second-order valence-electron chi connectivity index (χ2n) is 5.10. The average molecular weight is 329 g/mol. The van der Waals surface area contributed by atoms with Gasteiger partial charge in [-0.3, -0.25) is 0 Å². The highest BCUT2D eigenvalue weighted by molar-refractivity contribution is 7.07. The van der Waals surface area contributed by atoms with Crippen molar-refractivity contribution in [3.63, 3.8) is 0 Å². The van der Waals surface area contributed by atoms with Gasteiger partial charge in [-0.1, -0.05) is 0 Å². The summed E-state index contributed by atoms with van der Waals surface area (Å²) in [6, 6.07) is 6.65. The SMILES string of the molecule is Cc1ccnc(N=c2scc(-c3ccc(O)c(O)c3O)n2C)c1. The standard InChI is InChI=1S/C16H15N3O3S/c1-9-5-6-17-13(7-9)18-16-19(2)11(8-23-16)10-3-4-12(20)15(22)14(10)21/h3-8,20-22H,1-2H3. The molecule has 0 amide bonds. The number of hydrogen-bond donors (Lipinski definition) is 3. The molecule has 0 atom stereocenters. The smallest absolute Gasteiger partial charge is 0.200 e. The lowest BCUT2D eigenvalue weighted by Crippen LogP contribution is -2.11. The number of thiazole rings is 1. The monoisotopic (exact) mass is 329 g/mol. The van der Waals surface area contributed by atoms with E-state index in [1.807, 2.05) is 31.5 Å². The quantitative estimate of drug-likeness (QED) is 0.631. The summed E-state index contributed by atoms with van der Waals surface area (Å²) in [5.41, 5.74) is 2.16. The third kappa shape index (κ3) is 2.78. The molecular weight excluding hydrogens is 314 g/mol. The number of aryl methyl sites for hydroxylation is 1. The normalized spacial score (nSPS) is 11.8. The number of aromatic nitrogens is 2. The van der Waals surface area contributed by atoms with Crippen LogP contribution in [0.15, 0.2) is 40.8 Å². The Morgan fingerprint density at radius 1 is 1.13 bits per heavy atom. The molecular formula is C16H15N3O3S. The van der Waals surface area contributed by atoms with Crippen LogP contribution in [0.2, 0.25) is 0 Å². The molecule has 2 heterocycles. The molecule has 0 aliphatic rings. The lowest BCUT2D eigenvalue weighted by Gasteiger charge is -2.08. The molecule has 0 radical (unpaired) electrons. The van der Waals surface area contributed by atoms with E-state index in [-0.39, 0.29) is 11.5 Å². The molecule has 3 aromatic rings. The molecule has 0 aliphatic heterocycles. The molecule has 6 nitrogen and oxygen atoms in total. The summed E-state index contributed by atoms with van der Waals surface area (Å²) < 4.78 is 1.79. The third-order valence-corrected chi connectivity index (χ3v) is 4.36. The Kier molecular flexibility index (Phi) is 3.79. The molecule has 0 spiro atoms. The number of hydrogen-bond acceptors (Lipinski definition) is 6. The minimum Gasteiger partial charge on any atom is -0.504 e. The van der Waals surface area contributed by atoms with Gasteiger partial charge in [0.15, 0.2) is 22.1 Å². The van der Waals surface area contributed by atoms with Crippen molar-refractivity contribution in [2.24, 2.45) is 12.0 Å². The van der Waals surface area contributed by atoms with Crippen LogP contribution in [0.5, 0.6) is 17.2 Å². The maximum Gasteiger partial charge on any atom is 0.200 e. The van der Waals surface area contributed by atoms with E-state index in [9.17, 15) is 15.3 Å². The summed E-state index contributed by atoms with van der Waals surface area (Å²) in [5, 5.41) is 30.9. The van der Waals surface area contributed by atoms with Gasteiger partial charge >= 0.3 is 0 Å². The highest BCUT2D eigenvalue weighted by atomic mass is 32.1. The Bertz CT molecular complexity index is 944. The number of phenols is 3. The van der Waals surface area contributed by atoms with Gasteiger partial charge in [-0.2, -0.15) is 0 Å². The molecule has 3 N–H and O–H groups in total. The molecule has 0 unspecified atom stereocenters. The number of benzene rings is 1. The summed E-state index contributed by atoms with van der Waals surface area (Å²) in [4.78, 5) is 9.40. The van der Waals surface area contributed by atoms with Gasteiger partial charge in [-0.25, -0.2) is 9.98 Å². The van der Waals surface area contributed by atoms with Gasteiger partial charge in [-0.05, 0) is 36.8 Å². The molecule has 0 saturated heterocycles.